The summed E-state index contributed by atoms with van der Waals surface area (Å²) in [6.45, 7) is 6.12. The molecule has 1 nitrogen and oxygen atoms in total. The van der Waals surface area contributed by atoms with Crippen LogP contribution in [0.4, 0.5) is 17.1 Å². The molecule has 0 unspecified atom stereocenters. The van der Waals surface area contributed by atoms with Gasteiger partial charge in [0.05, 0.1) is 0 Å². The molecule has 0 bridgehead atoms. The zero-order valence-electron chi connectivity index (χ0n) is 16.9. The Bertz CT molecular complexity index is 1100. The number of hydrogen-bond acceptors (Lipinski definition) is 1. The third-order valence-corrected chi connectivity index (χ3v) is 4.87. The summed E-state index contributed by atoms with van der Waals surface area (Å²) in [5.41, 5.74) is 9.37. The second-order valence-corrected chi connectivity index (χ2v) is 6.59. The van der Waals surface area contributed by atoms with Crippen LogP contribution in [0.3, 0.4) is 0 Å². The third kappa shape index (κ3) is 3.80. The second-order valence-electron chi connectivity index (χ2n) is 6.59. The van der Waals surface area contributed by atoms with Gasteiger partial charge in [0.1, 0.15) is 0 Å². The van der Waals surface area contributed by atoms with Crippen molar-refractivity contribution in [3.05, 3.63) is 103 Å². The molecule has 0 saturated carbocycles. The molecule has 1 aliphatic rings. The van der Waals surface area contributed by atoms with Crippen LogP contribution in [0.25, 0.3) is 22.3 Å². The Kier molecular flexibility index (Phi) is 6.72. The van der Waals surface area contributed by atoms with Gasteiger partial charge in [0.15, 0.2) is 0 Å². The number of fused-ring (bicyclic) bond motifs is 5. The van der Waals surface area contributed by atoms with Crippen LogP contribution in [-0.4, -0.2) is 0 Å². The Morgan fingerprint density at radius 2 is 1.31 bits per heavy atom. The fourth-order valence-corrected chi connectivity index (χ4v) is 3.73. The quantitative estimate of drug-likeness (QED) is 0.195. The standard InChI is InChI=1S/C25H17N.C2H6.W/c1-18-15-16-25-23(17-18)21-12-6-5-11-20(21)22-13-7-8-14-24(22)26(25)19-9-3-2-4-10-19;1-2;/h2-9,11-15,17H,1H3;1-2H3;/q-2;;+2. The molecule has 0 saturated heterocycles. The summed E-state index contributed by atoms with van der Waals surface area (Å²) < 4.78 is 0. The van der Waals surface area contributed by atoms with Crippen LogP contribution in [0.2, 0.25) is 0 Å². The van der Waals surface area contributed by atoms with Gasteiger partial charge in [-0.15, -0.1) is 11.6 Å². The van der Waals surface area contributed by atoms with E-state index in [1.54, 1.807) is 0 Å². The van der Waals surface area contributed by atoms with Gasteiger partial charge in [0.2, 0.25) is 0 Å². The van der Waals surface area contributed by atoms with Gasteiger partial charge >= 0.3 is 21.1 Å². The second kappa shape index (κ2) is 9.24. The molecular weight excluding hydrogens is 522 g/mol. The van der Waals surface area contributed by atoms with Crippen LogP contribution in [0, 0.1) is 19.1 Å². The molecule has 0 fully saturated rings. The van der Waals surface area contributed by atoms with Crippen LogP contribution >= 0.6 is 0 Å². The molecule has 1 heterocycles. The predicted octanol–water partition coefficient (Wildman–Crippen LogP) is 7.74. The largest absolute Gasteiger partial charge is 2.00 e. The summed E-state index contributed by atoms with van der Waals surface area (Å²) in [4.78, 5) is 2.27. The van der Waals surface area contributed by atoms with Crippen molar-refractivity contribution in [2.24, 2.45) is 0 Å². The molecule has 4 aromatic rings. The van der Waals surface area contributed by atoms with E-state index in [2.05, 4.69) is 96.8 Å². The average molecular weight is 545 g/mol. The van der Waals surface area contributed by atoms with Crippen molar-refractivity contribution in [2.45, 2.75) is 20.8 Å². The first-order valence-electron chi connectivity index (χ1n) is 9.81. The molecule has 0 radical (unpaired) electrons. The van der Waals surface area contributed by atoms with Gasteiger partial charge < -0.3 is 4.90 Å². The molecule has 0 amide bonds. The van der Waals surface area contributed by atoms with Gasteiger partial charge in [-0.05, 0) is 11.6 Å². The van der Waals surface area contributed by atoms with Gasteiger partial charge in [-0.1, -0.05) is 80.2 Å². The van der Waals surface area contributed by atoms with Crippen molar-refractivity contribution in [3.63, 3.8) is 0 Å². The molecule has 5 rings (SSSR count). The van der Waals surface area contributed by atoms with E-state index in [4.69, 9.17) is 0 Å². The number of para-hydroxylation sites is 2. The molecular formula is C27H23NW. The van der Waals surface area contributed by atoms with E-state index >= 15 is 0 Å². The first kappa shape index (κ1) is 21.1. The van der Waals surface area contributed by atoms with Crippen molar-refractivity contribution in [1.82, 2.24) is 0 Å². The zero-order valence-corrected chi connectivity index (χ0v) is 19.9. The van der Waals surface area contributed by atoms with E-state index in [0.717, 1.165) is 17.1 Å². The number of benzene rings is 4. The maximum absolute atomic E-state index is 3.53. The summed E-state index contributed by atoms with van der Waals surface area (Å²) in [6.07, 6.45) is 0. The minimum absolute atomic E-state index is 0. The van der Waals surface area contributed by atoms with Crippen molar-refractivity contribution in [2.75, 3.05) is 4.90 Å². The van der Waals surface area contributed by atoms with Crippen molar-refractivity contribution in [1.29, 1.82) is 0 Å². The van der Waals surface area contributed by atoms with E-state index in [1.807, 2.05) is 26.0 Å². The van der Waals surface area contributed by atoms with Crippen molar-refractivity contribution >= 4 is 17.1 Å². The summed E-state index contributed by atoms with van der Waals surface area (Å²) in [6, 6.07) is 36.6. The fraction of sp³-hybridized carbons (Fsp3) is 0.111. The van der Waals surface area contributed by atoms with Gasteiger partial charge in [-0.3, -0.25) is 0 Å². The molecule has 1 aliphatic heterocycles. The maximum Gasteiger partial charge on any atom is 2.00 e. The summed E-state index contributed by atoms with van der Waals surface area (Å²) in [7, 11) is 0. The minimum atomic E-state index is 0. The Labute approximate surface area is 188 Å². The van der Waals surface area contributed by atoms with E-state index in [-0.39, 0.29) is 21.1 Å². The van der Waals surface area contributed by atoms with Crippen molar-refractivity contribution in [3.8, 4) is 22.3 Å². The van der Waals surface area contributed by atoms with Gasteiger partial charge in [-0.25, -0.2) is 0 Å². The monoisotopic (exact) mass is 545 g/mol. The Morgan fingerprint density at radius 1 is 0.690 bits per heavy atom. The number of hydrogen-bond donors (Lipinski definition) is 0. The zero-order chi connectivity index (χ0) is 19.5. The van der Waals surface area contributed by atoms with E-state index in [1.165, 1.54) is 27.8 Å². The Hall–Kier alpha value is -2.63. The maximum atomic E-state index is 3.53. The molecule has 4 aromatic carbocycles. The van der Waals surface area contributed by atoms with E-state index < -0.39 is 0 Å². The molecule has 0 aliphatic carbocycles. The molecule has 0 aromatic heterocycles. The fourth-order valence-electron chi connectivity index (χ4n) is 3.73. The number of aryl methyl sites for hydroxylation is 1. The molecule has 0 spiro atoms. The smallest absolute Gasteiger partial charge is 0.357 e. The van der Waals surface area contributed by atoms with Crippen LogP contribution in [0.5, 0.6) is 0 Å². The molecule has 0 atom stereocenters. The summed E-state index contributed by atoms with van der Waals surface area (Å²) in [5.74, 6) is 0. The van der Waals surface area contributed by atoms with Gasteiger partial charge in [-0.2, -0.15) is 48.0 Å². The van der Waals surface area contributed by atoms with Gasteiger partial charge in [0.25, 0.3) is 0 Å². The van der Waals surface area contributed by atoms with Crippen LogP contribution in [-0.2, 0) is 21.1 Å². The van der Waals surface area contributed by atoms with E-state index in [9.17, 15) is 0 Å². The Balaban J connectivity index is 0.000000778. The SMILES string of the molecule is CC.Cc1c[c-]c2c(c1)-c1ccccc1-c1ccccc1N2c1[c-]cccc1.[W+2]. The van der Waals surface area contributed by atoms with Crippen LogP contribution < -0.4 is 4.90 Å². The van der Waals surface area contributed by atoms with Crippen LogP contribution in [0.15, 0.2) is 84.9 Å². The third-order valence-electron chi connectivity index (χ3n) is 4.87. The topological polar surface area (TPSA) is 3.24 Å². The number of rotatable bonds is 1. The van der Waals surface area contributed by atoms with Gasteiger partial charge in [0, 0.05) is 11.3 Å². The Morgan fingerprint density at radius 3 is 2.00 bits per heavy atom. The number of anilines is 3. The molecule has 29 heavy (non-hydrogen) atoms. The summed E-state index contributed by atoms with van der Waals surface area (Å²) >= 11 is 0. The molecule has 142 valence electrons. The van der Waals surface area contributed by atoms with Crippen molar-refractivity contribution < 1.29 is 21.1 Å². The first-order valence-corrected chi connectivity index (χ1v) is 9.81. The average Bonchev–Trinajstić information content (AvgIpc) is 2.89. The van der Waals surface area contributed by atoms with Crippen LogP contribution in [0.1, 0.15) is 19.4 Å². The predicted molar refractivity (Wildman–Crippen MR) is 119 cm³/mol. The summed E-state index contributed by atoms with van der Waals surface area (Å²) in [5, 5.41) is 0. The number of nitrogens with zero attached hydrogens (tertiary/aromatic N) is 1. The molecule has 2 heteroatoms. The normalized spacial score (nSPS) is 10.9. The van der Waals surface area contributed by atoms with E-state index in [0.29, 0.717) is 0 Å². The molecule has 0 N–H and O–H groups in total. The first-order chi connectivity index (χ1) is 13.8. The minimum Gasteiger partial charge on any atom is -0.357 e.